The molecule has 0 heterocycles. The molecule has 0 fully saturated rings. The molecule has 1 aromatic rings. The summed E-state index contributed by atoms with van der Waals surface area (Å²) in [4.78, 5) is 0.0917. The summed E-state index contributed by atoms with van der Waals surface area (Å²) in [5, 5.41) is 6.29. The van der Waals surface area contributed by atoms with Crippen LogP contribution in [0.4, 0.5) is 5.69 Å². The molecule has 23 heavy (non-hydrogen) atoms. The number of anilines is 1. The van der Waals surface area contributed by atoms with Crippen LogP contribution in [0.25, 0.3) is 0 Å². The lowest BCUT2D eigenvalue weighted by Crippen LogP contribution is -2.31. The highest BCUT2D eigenvalue weighted by Gasteiger charge is 2.23. The Morgan fingerprint density at radius 1 is 1.35 bits per heavy atom. The van der Waals surface area contributed by atoms with Crippen molar-refractivity contribution in [3.05, 3.63) is 18.2 Å². The molecule has 0 spiro atoms. The molecule has 0 saturated carbocycles. The van der Waals surface area contributed by atoms with Crippen LogP contribution in [0.1, 0.15) is 6.92 Å². The van der Waals surface area contributed by atoms with Gasteiger partial charge in [0.2, 0.25) is 10.0 Å². The predicted octanol–water partition coefficient (Wildman–Crippen LogP) is 1.27. The highest BCUT2D eigenvalue weighted by molar-refractivity contribution is 7.89. The first-order valence-electron chi connectivity index (χ1n) is 7.06. The number of ether oxygens (including phenoxy) is 2. The Morgan fingerprint density at radius 2 is 2.04 bits per heavy atom. The highest BCUT2D eigenvalue weighted by Crippen LogP contribution is 2.29. The normalized spacial score (nSPS) is 11.3. The Labute approximate surface area is 143 Å². The SMILES string of the molecule is CCOc1ccc(NC(=S)NCCOC)cc1S(=O)(=O)N(C)C. The molecule has 0 atom stereocenters. The van der Waals surface area contributed by atoms with Gasteiger partial charge < -0.3 is 20.1 Å². The number of sulfonamides is 1. The largest absolute Gasteiger partial charge is 0.492 e. The third-order valence-corrected chi connectivity index (χ3v) is 4.93. The van der Waals surface area contributed by atoms with Crippen molar-refractivity contribution in [2.75, 3.05) is 46.3 Å². The third kappa shape index (κ3) is 5.61. The third-order valence-electron chi connectivity index (χ3n) is 2.85. The lowest BCUT2D eigenvalue weighted by atomic mass is 10.3. The second kappa shape index (κ2) is 9.02. The van der Waals surface area contributed by atoms with Crippen LogP contribution in [0.5, 0.6) is 5.75 Å². The zero-order chi connectivity index (χ0) is 17.5. The van der Waals surface area contributed by atoms with Gasteiger partial charge in [-0.15, -0.1) is 0 Å². The fourth-order valence-corrected chi connectivity index (χ4v) is 2.97. The molecule has 130 valence electrons. The van der Waals surface area contributed by atoms with Crippen LogP contribution in [0.15, 0.2) is 23.1 Å². The van der Waals surface area contributed by atoms with Crippen LogP contribution in [0.2, 0.25) is 0 Å². The summed E-state index contributed by atoms with van der Waals surface area (Å²) in [7, 11) is 0.925. The first-order chi connectivity index (χ1) is 10.8. The maximum Gasteiger partial charge on any atom is 0.246 e. The quantitative estimate of drug-likeness (QED) is 0.533. The van der Waals surface area contributed by atoms with Gasteiger partial charge in [0, 0.05) is 33.4 Å². The van der Waals surface area contributed by atoms with E-state index in [1.807, 2.05) is 0 Å². The van der Waals surface area contributed by atoms with Crippen LogP contribution in [-0.4, -0.2) is 58.8 Å². The van der Waals surface area contributed by atoms with Crippen molar-refractivity contribution < 1.29 is 17.9 Å². The van der Waals surface area contributed by atoms with E-state index in [-0.39, 0.29) is 4.90 Å². The van der Waals surface area contributed by atoms with Crippen molar-refractivity contribution in [2.45, 2.75) is 11.8 Å². The van der Waals surface area contributed by atoms with Gasteiger partial charge in [0.15, 0.2) is 5.11 Å². The van der Waals surface area contributed by atoms with Gasteiger partial charge in [0.05, 0.1) is 13.2 Å². The molecule has 0 aromatic heterocycles. The Balaban J connectivity index is 3.02. The molecular formula is C14H23N3O4S2. The maximum atomic E-state index is 12.4. The van der Waals surface area contributed by atoms with E-state index in [4.69, 9.17) is 21.7 Å². The summed E-state index contributed by atoms with van der Waals surface area (Å²) in [5.41, 5.74) is 0.559. The van der Waals surface area contributed by atoms with Gasteiger partial charge in [-0.05, 0) is 37.3 Å². The molecule has 0 unspecified atom stereocenters. The van der Waals surface area contributed by atoms with Crippen molar-refractivity contribution in [2.24, 2.45) is 0 Å². The Morgan fingerprint density at radius 3 is 2.61 bits per heavy atom. The average Bonchev–Trinajstić information content (AvgIpc) is 2.49. The van der Waals surface area contributed by atoms with Crippen molar-refractivity contribution in [3.63, 3.8) is 0 Å². The number of hydrogen-bond donors (Lipinski definition) is 2. The Hall–Kier alpha value is -1.42. The standard InChI is InChI=1S/C14H23N3O4S2/c1-5-21-12-7-6-11(16-14(22)15-8-9-20-4)10-13(12)23(18,19)17(2)3/h6-7,10H,5,8-9H2,1-4H3,(H2,15,16,22). The van der Waals surface area contributed by atoms with Gasteiger partial charge in [-0.25, -0.2) is 12.7 Å². The van der Waals surface area contributed by atoms with Crippen LogP contribution in [0, 0.1) is 0 Å². The fraction of sp³-hybridized carbons (Fsp3) is 0.500. The molecule has 0 radical (unpaired) electrons. The molecule has 0 saturated heterocycles. The van der Waals surface area contributed by atoms with Crippen molar-refractivity contribution in [1.29, 1.82) is 0 Å². The van der Waals surface area contributed by atoms with Crippen LogP contribution in [0.3, 0.4) is 0 Å². The zero-order valence-electron chi connectivity index (χ0n) is 13.8. The number of nitrogens with one attached hydrogen (secondary N) is 2. The van der Waals surface area contributed by atoms with Gasteiger partial charge in [-0.3, -0.25) is 0 Å². The molecular weight excluding hydrogens is 338 g/mol. The summed E-state index contributed by atoms with van der Waals surface area (Å²) in [6, 6.07) is 4.83. The highest BCUT2D eigenvalue weighted by atomic mass is 32.2. The molecule has 1 aromatic carbocycles. The predicted molar refractivity (Wildman–Crippen MR) is 94.6 cm³/mol. The van der Waals surface area contributed by atoms with E-state index in [0.717, 1.165) is 4.31 Å². The fourth-order valence-electron chi connectivity index (χ4n) is 1.70. The number of thiocarbonyl (C=S) groups is 1. The van der Waals surface area contributed by atoms with Crippen LogP contribution < -0.4 is 15.4 Å². The van der Waals surface area contributed by atoms with Gasteiger partial charge in [0.25, 0.3) is 0 Å². The second-order valence-electron chi connectivity index (χ2n) is 4.76. The molecule has 1 rings (SSSR count). The Bertz CT molecular complexity index is 633. The van der Waals surface area contributed by atoms with Crippen molar-refractivity contribution in [1.82, 2.24) is 9.62 Å². The topological polar surface area (TPSA) is 79.9 Å². The van der Waals surface area contributed by atoms with E-state index in [2.05, 4.69) is 10.6 Å². The van der Waals surface area contributed by atoms with E-state index in [1.54, 1.807) is 26.2 Å². The minimum absolute atomic E-state index is 0.0917. The average molecular weight is 361 g/mol. The second-order valence-corrected chi connectivity index (χ2v) is 7.28. The maximum absolute atomic E-state index is 12.4. The number of benzene rings is 1. The molecule has 2 N–H and O–H groups in total. The van der Waals surface area contributed by atoms with E-state index in [1.165, 1.54) is 20.2 Å². The monoisotopic (exact) mass is 361 g/mol. The molecule has 7 nitrogen and oxygen atoms in total. The summed E-state index contributed by atoms with van der Waals surface area (Å²) in [6.07, 6.45) is 0. The molecule has 0 aliphatic carbocycles. The van der Waals surface area contributed by atoms with E-state index in [0.29, 0.717) is 36.3 Å². The van der Waals surface area contributed by atoms with Crippen molar-refractivity contribution >= 4 is 33.0 Å². The molecule has 0 amide bonds. The molecule has 0 aliphatic heterocycles. The minimum atomic E-state index is -3.62. The molecule has 0 bridgehead atoms. The number of nitrogens with zero attached hydrogens (tertiary/aromatic N) is 1. The summed E-state index contributed by atoms with van der Waals surface area (Å²) < 4.78 is 36.3. The number of hydrogen-bond acceptors (Lipinski definition) is 5. The van der Waals surface area contributed by atoms with Gasteiger partial charge >= 0.3 is 0 Å². The zero-order valence-corrected chi connectivity index (χ0v) is 15.4. The first-order valence-corrected chi connectivity index (χ1v) is 8.91. The minimum Gasteiger partial charge on any atom is -0.492 e. The lowest BCUT2D eigenvalue weighted by Gasteiger charge is -2.17. The van der Waals surface area contributed by atoms with E-state index in [9.17, 15) is 8.42 Å². The molecule has 0 aliphatic rings. The van der Waals surface area contributed by atoms with Crippen LogP contribution >= 0.6 is 12.2 Å². The van der Waals surface area contributed by atoms with Gasteiger partial charge in [0.1, 0.15) is 10.6 Å². The summed E-state index contributed by atoms with van der Waals surface area (Å²) in [6.45, 7) is 3.25. The van der Waals surface area contributed by atoms with E-state index >= 15 is 0 Å². The summed E-state index contributed by atoms with van der Waals surface area (Å²) in [5.74, 6) is 0.310. The first kappa shape index (κ1) is 19.6. The smallest absolute Gasteiger partial charge is 0.246 e. The molecule has 9 heteroatoms. The van der Waals surface area contributed by atoms with Gasteiger partial charge in [-0.1, -0.05) is 0 Å². The van der Waals surface area contributed by atoms with Crippen LogP contribution in [-0.2, 0) is 14.8 Å². The number of methoxy groups -OCH3 is 1. The van der Waals surface area contributed by atoms with E-state index < -0.39 is 10.0 Å². The summed E-state index contributed by atoms with van der Waals surface area (Å²) >= 11 is 5.15. The Kier molecular flexibility index (Phi) is 7.69. The van der Waals surface area contributed by atoms with Crippen molar-refractivity contribution in [3.8, 4) is 5.75 Å². The lowest BCUT2D eigenvalue weighted by molar-refractivity contribution is 0.204. The van der Waals surface area contributed by atoms with Gasteiger partial charge in [-0.2, -0.15) is 0 Å². The number of rotatable bonds is 8.